The summed E-state index contributed by atoms with van der Waals surface area (Å²) >= 11 is 1.76. The first kappa shape index (κ1) is 20.8. The largest absolute Gasteiger partial charge is 0.488 e. The summed E-state index contributed by atoms with van der Waals surface area (Å²) in [5.41, 5.74) is 3.69. The summed E-state index contributed by atoms with van der Waals surface area (Å²) < 4.78 is 19.8. The van der Waals surface area contributed by atoms with Crippen LogP contribution in [0, 0.1) is 5.82 Å². The summed E-state index contributed by atoms with van der Waals surface area (Å²) in [6.07, 6.45) is 3.50. The van der Waals surface area contributed by atoms with Gasteiger partial charge in [0, 0.05) is 17.5 Å². The molecule has 1 aromatic heterocycles. The predicted molar refractivity (Wildman–Crippen MR) is 123 cm³/mol. The maximum atomic E-state index is 13.9. The van der Waals surface area contributed by atoms with Gasteiger partial charge in [-0.25, -0.2) is 14.4 Å². The van der Waals surface area contributed by atoms with E-state index in [2.05, 4.69) is 38.7 Å². The lowest BCUT2D eigenvalue weighted by atomic mass is 10.1. The zero-order valence-electron chi connectivity index (χ0n) is 17.0. The van der Waals surface area contributed by atoms with Gasteiger partial charge in [-0.05, 0) is 41.6 Å². The standard InChI is InChI=1S/C24H21FN4OS/c1-31-15-18-8-5-9-20(12-18)28-24-27-16-26-23(29-24)21-11-10-19(25)13-22(21)30-14-17-6-3-2-4-7-17/h2-13,16H,14-15H2,1H3,(H,26,27,28,29). The lowest BCUT2D eigenvalue weighted by Crippen LogP contribution is -2.02. The Hall–Kier alpha value is -3.45. The van der Waals surface area contributed by atoms with Crippen LogP contribution in [0.1, 0.15) is 11.1 Å². The summed E-state index contributed by atoms with van der Waals surface area (Å²) in [5, 5.41) is 3.22. The SMILES string of the molecule is CSCc1cccc(Nc2ncnc(-c3ccc(F)cc3OCc3ccccc3)n2)c1. The molecule has 0 radical (unpaired) electrons. The third-order valence-electron chi connectivity index (χ3n) is 4.49. The topological polar surface area (TPSA) is 59.9 Å². The molecule has 0 saturated carbocycles. The van der Waals surface area contributed by atoms with Crippen LogP contribution in [0.25, 0.3) is 11.4 Å². The van der Waals surface area contributed by atoms with Crippen molar-refractivity contribution in [3.05, 3.63) is 96.1 Å². The molecule has 7 heteroatoms. The van der Waals surface area contributed by atoms with Gasteiger partial charge in [-0.3, -0.25) is 0 Å². The number of benzene rings is 3. The van der Waals surface area contributed by atoms with Crippen LogP contribution in [-0.2, 0) is 12.4 Å². The molecule has 0 amide bonds. The van der Waals surface area contributed by atoms with Gasteiger partial charge in [0.1, 0.15) is 24.5 Å². The number of nitrogens with zero attached hydrogens (tertiary/aromatic N) is 3. The molecule has 1 N–H and O–H groups in total. The van der Waals surface area contributed by atoms with E-state index in [1.807, 2.05) is 42.5 Å². The summed E-state index contributed by atoms with van der Waals surface area (Å²) in [4.78, 5) is 13.0. The molecule has 3 aromatic carbocycles. The molecule has 0 atom stereocenters. The van der Waals surface area contributed by atoms with Gasteiger partial charge in [0.25, 0.3) is 0 Å². The van der Waals surface area contributed by atoms with Crippen LogP contribution >= 0.6 is 11.8 Å². The second kappa shape index (κ2) is 10.0. The van der Waals surface area contributed by atoms with Crippen LogP contribution in [0.4, 0.5) is 16.0 Å². The van der Waals surface area contributed by atoms with Crippen LogP contribution < -0.4 is 10.1 Å². The Bertz CT molecular complexity index is 1160. The normalized spacial score (nSPS) is 10.6. The Morgan fingerprint density at radius 1 is 0.935 bits per heavy atom. The quantitative estimate of drug-likeness (QED) is 0.376. The smallest absolute Gasteiger partial charge is 0.230 e. The molecule has 4 aromatic rings. The van der Waals surface area contributed by atoms with Gasteiger partial charge in [0.05, 0.1) is 5.56 Å². The first-order chi connectivity index (χ1) is 15.2. The molecule has 156 valence electrons. The first-order valence-electron chi connectivity index (χ1n) is 9.72. The maximum absolute atomic E-state index is 13.9. The highest BCUT2D eigenvalue weighted by molar-refractivity contribution is 7.97. The lowest BCUT2D eigenvalue weighted by molar-refractivity contribution is 0.306. The van der Waals surface area contributed by atoms with Crippen LogP contribution in [0.5, 0.6) is 5.75 Å². The second-order valence-corrected chi connectivity index (χ2v) is 7.67. The number of aromatic nitrogens is 3. The highest BCUT2D eigenvalue weighted by atomic mass is 32.2. The van der Waals surface area contributed by atoms with Crippen molar-refractivity contribution in [2.24, 2.45) is 0 Å². The molecular weight excluding hydrogens is 411 g/mol. The summed E-state index contributed by atoms with van der Waals surface area (Å²) in [7, 11) is 0. The van der Waals surface area contributed by atoms with Crippen LogP contribution in [0.15, 0.2) is 79.1 Å². The van der Waals surface area contributed by atoms with E-state index in [0.717, 1.165) is 17.0 Å². The number of rotatable bonds is 8. The number of hydrogen-bond donors (Lipinski definition) is 1. The van der Waals surface area contributed by atoms with E-state index in [-0.39, 0.29) is 5.82 Å². The first-order valence-corrected chi connectivity index (χ1v) is 11.1. The van der Waals surface area contributed by atoms with Crippen molar-refractivity contribution in [2.45, 2.75) is 12.4 Å². The van der Waals surface area contributed by atoms with Gasteiger partial charge in [-0.1, -0.05) is 42.5 Å². The lowest BCUT2D eigenvalue weighted by Gasteiger charge is -2.12. The van der Waals surface area contributed by atoms with Gasteiger partial charge in [0.2, 0.25) is 5.95 Å². The predicted octanol–water partition coefficient (Wildman–Crippen LogP) is 5.86. The van der Waals surface area contributed by atoms with E-state index >= 15 is 0 Å². The second-order valence-electron chi connectivity index (χ2n) is 6.81. The van der Waals surface area contributed by atoms with Crippen molar-refractivity contribution in [1.29, 1.82) is 0 Å². The van der Waals surface area contributed by atoms with Crippen molar-refractivity contribution in [2.75, 3.05) is 11.6 Å². The third-order valence-corrected chi connectivity index (χ3v) is 5.11. The molecule has 0 aliphatic carbocycles. The van der Waals surface area contributed by atoms with Crippen molar-refractivity contribution >= 4 is 23.4 Å². The summed E-state index contributed by atoms with van der Waals surface area (Å²) in [6.45, 7) is 0.315. The van der Waals surface area contributed by atoms with E-state index < -0.39 is 0 Å². The number of anilines is 2. The van der Waals surface area contributed by atoms with Gasteiger partial charge in [0.15, 0.2) is 5.82 Å². The summed E-state index contributed by atoms with van der Waals surface area (Å²) in [6, 6.07) is 22.1. The Morgan fingerprint density at radius 2 is 1.77 bits per heavy atom. The highest BCUT2D eigenvalue weighted by Crippen LogP contribution is 2.29. The Labute approximate surface area is 184 Å². The molecule has 0 saturated heterocycles. The third kappa shape index (κ3) is 5.58. The van der Waals surface area contributed by atoms with Crippen LogP contribution in [-0.4, -0.2) is 21.2 Å². The van der Waals surface area contributed by atoms with Gasteiger partial charge >= 0.3 is 0 Å². The zero-order valence-corrected chi connectivity index (χ0v) is 17.8. The van der Waals surface area contributed by atoms with Gasteiger partial charge in [-0.15, -0.1) is 0 Å². The summed E-state index contributed by atoms with van der Waals surface area (Å²) in [5.74, 6) is 1.73. The Kier molecular flexibility index (Phi) is 6.74. The number of thioether (sulfide) groups is 1. The van der Waals surface area contributed by atoms with E-state index in [0.29, 0.717) is 29.7 Å². The zero-order chi connectivity index (χ0) is 21.5. The molecule has 5 nitrogen and oxygen atoms in total. The highest BCUT2D eigenvalue weighted by Gasteiger charge is 2.13. The molecular formula is C24H21FN4OS. The number of halogens is 1. The van der Waals surface area contributed by atoms with Crippen molar-refractivity contribution in [3.8, 4) is 17.1 Å². The Morgan fingerprint density at radius 3 is 2.61 bits per heavy atom. The fourth-order valence-corrected chi connectivity index (χ4v) is 3.57. The minimum atomic E-state index is -0.384. The molecule has 0 fully saturated rings. The number of nitrogens with one attached hydrogen (secondary N) is 1. The maximum Gasteiger partial charge on any atom is 0.230 e. The minimum Gasteiger partial charge on any atom is -0.488 e. The Balaban J connectivity index is 1.58. The van der Waals surface area contributed by atoms with E-state index in [1.165, 1.54) is 24.0 Å². The molecule has 0 spiro atoms. The molecule has 0 aliphatic heterocycles. The van der Waals surface area contributed by atoms with E-state index in [9.17, 15) is 4.39 Å². The van der Waals surface area contributed by atoms with Crippen molar-refractivity contribution in [1.82, 2.24) is 15.0 Å². The minimum absolute atomic E-state index is 0.315. The number of hydrogen-bond acceptors (Lipinski definition) is 6. The average Bonchev–Trinajstić information content (AvgIpc) is 2.79. The molecule has 1 heterocycles. The van der Waals surface area contributed by atoms with E-state index in [4.69, 9.17) is 4.74 Å². The van der Waals surface area contributed by atoms with Crippen LogP contribution in [0.3, 0.4) is 0 Å². The van der Waals surface area contributed by atoms with Crippen LogP contribution in [0.2, 0.25) is 0 Å². The molecule has 4 rings (SSSR count). The van der Waals surface area contributed by atoms with E-state index in [1.54, 1.807) is 17.8 Å². The monoisotopic (exact) mass is 432 g/mol. The van der Waals surface area contributed by atoms with Gasteiger partial charge < -0.3 is 10.1 Å². The average molecular weight is 433 g/mol. The fraction of sp³-hybridized carbons (Fsp3) is 0.125. The van der Waals surface area contributed by atoms with Gasteiger partial charge in [-0.2, -0.15) is 16.7 Å². The number of ether oxygens (including phenoxy) is 1. The molecule has 31 heavy (non-hydrogen) atoms. The van der Waals surface area contributed by atoms with Crippen molar-refractivity contribution in [3.63, 3.8) is 0 Å². The molecule has 0 bridgehead atoms. The molecule has 0 unspecified atom stereocenters. The molecule has 0 aliphatic rings. The fourth-order valence-electron chi connectivity index (χ4n) is 3.06. The van der Waals surface area contributed by atoms with Crippen molar-refractivity contribution < 1.29 is 9.13 Å².